The minimum atomic E-state index is -0.189. The maximum absolute atomic E-state index is 12.2. The monoisotopic (exact) mass is 348 g/mol. The minimum Gasteiger partial charge on any atom is -0.398 e. The number of benzene rings is 2. The highest BCUT2D eigenvalue weighted by molar-refractivity contribution is 9.10. The molecule has 2 aromatic rings. The summed E-state index contributed by atoms with van der Waals surface area (Å²) in [5.74, 6) is -0.189. The molecule has 0 saturated heterocycles. The molecular weight excluding hydrogens is 332 g/mol. The quantitative estimate of drug-likeness (QED) is 0.816. The molecule has 0 saturated carbocycles. The average molecular weight is 349 g/mol. The molecule has 0 aliphatic heterocycles. The van der Waals surface area contributed by atoms with Crippen molar-refractivity contribution in [2.24, 2.45) is 0 Å². The molecule has 0 spiro atoms. The van der Waals surface area contributed by atoms with Gasteiger partial charge < -0.3 is 15.8 Å². The van der Waals surface area contributed by atoms with Gasteiger partial charge in [0.05, 0.1) is 12.2 Å². The van der Waals surface area contributed by atoms with Gasteiger partial charge >= 0.3 is 0 Å². The van der Waals surface area contributed by atoms with Gasteiger partial charge in [-0.2, -0.15) is 0 Å². The fraction of sp³-hybridized carbons (Fsp3) is 0.188. The Bertz CT molecular complexity index is 644. The Balaban J connectivity index is 2.04. The lowest BCUT2D eigenvalue weighted by Gasteiger charge is -2.09. The summed E-state index contributed by atoms with van der Waals surface area (Å²) in [6.45, 7) is 1.00. The van der Waals surface area contributed by atoms with Crippen LogP contribution in [-0.4, -0.2) is 13.0 Å². The predicted octanol–water partition coefficient (Wildman–Crippen LogP) is 3.11. The van der Waals surface area contributed by atoms with E-state index in [1.165, 1.54) is 0 Å². The van der Waals surface area contributed by atoms with Crippen molar-refractivity contribution in [3.05, 3.63) is 63.6 Å². The molecule has 2 rings (SSSR count). The van der Waals surface area contributed by atoms with Crippen molar-refractivity contribution < 1.29 is 9.53 Å². The van der Waals surface area contributed by atoms with E-state index in [2.05, 4.69) is 21.2 Å². The van der Waals surface area contributed by atoms with Crippen LogP contribution in [0.2, 0.25) is 0 Å². The number of nitrogen functional groups attached to an aromatic ring is 1. The van der Waals surface area contributed by atoms with Crippen LogP contribution in [0.3, 0.4) is 0 Å². The first-order chi connectivity index (χ1) is 10.1. The highest BCUT2D eigenvalue weighted by Gasteiger charge is 2.10. The van der Waals surface area contributed by atoms with Crippen molar-refractivity contribution in [1.29, 1.82) is 0 Å². The third-order valence-corrected chi connectivity index (χ3v) is 3.51. The number of carbonyl (C=O) groups is 1. The zero-order valence-corrected chi connectivity index (χ0v) is 13.3. The molecule has 110 valence electrons. The predicted molar refractivity (Wildman–Crippen MR) is 86.9 cm³/mol. The van der Waals surface area contributed by atoms with Crippen molar-refractivity contribution in [2.75, 3.05) is 12.8 Å². The summed E-state index contributed by atoms with van der Waals surface area (Å²) in [6, 6.07) is 13.1. The van der Waals surface area contributed by atoms with Crippen LogP contribution in [0, 0.1) is 0 Å². The first-order valence-corrected chi connectivity index (χ1v) is 7.29. The van der Waals surface area contributed by atoms with Crippen LogP contribution in [0.15, 0.2) is 46.9 Å². The van der Waals surface area contributed by atoms with Crippen molar-refractivity contribution in [2.45, 2.75) is 13.2 Å². The third-order valence-electron chi connectivity index (χ3n) is 3.02. The molecular formula is C16H17BrN2O2. The van der Waals surface area contributed by atoms with Crippen LogP contribution < -0.4 is 11.1 Å². The lowest BCUT2D eigenvalue weighted by atomic mass is 10.1. The van der Waals surface area contributed by atoms with Gasteiger partial charge in [-0.1, -0.05) is 40.2 Å². The fourth-order valence-corrected chi connectivity index (χ4v) is 2.36. The van der Waals surface area contributed by atoms with E-state index in [0.29, 0.717) is 24.4 Å². The standard InChI is InChI=1S/C16H17BrN2O2/c1-21-10-12-4-2-3-11(7-12)9-19-16(20)14-8-13(17)5-6-15(14)18/h2-8H,9-10,18H2,1H3,(H,19,20). The summed E-state index contributed by atoms with van der Waals surface area (Å²) in [4.78, 5) is 12.2. The number of hydrogen-bond acceptors (Lipinski definition) is 3. The van der Waals surface area contributed by atoms with E-state index >= 15 is 0 Å². The first-order valence-electron chi connectivity index (χ1n) is 6.50. The molecule has 0 aromatic heterocycles. The Morgan fingerprint density at radius 2 is 2.00 bits per heavy atom. The SMILES string of the molecule is COCc1cccc(CNC(=O)c2cc(Br)ccc2N)c1. The molecule has 0 aliphatic carbocycles. The van der Waals surface area contributed by atoms with Crippen molar-refractivity contribution in [3.63, 3.8) is 0 Å². The Morgan fingerprint density at radius 1 is 1.24 bits per heavy atom. The van der Waals surface area contributed by atoms with Gasteiger partial charge in [0.1, 0.15) is 0 Å². The highest BCUT2D eigenvalue weighted by Crippen LogP contribution is 2.18. The number of carbonyl (C=O) groups excluding carboxylic acids is 1. The zero-order valence-electron chi connectivity index (χ0n) is 11.7. The van der Waals surface area contributed by atoms with Gasteiger partial charge in [-0.15, -0.1) is 0 Å². The number of ether oxygens (including phenoxy) is 1. The van der Waals surface area contributed by atoms with E-state index in [0.717, 1.165) is 15.6 Å². The number of nitrogens with one attached hydrogen (secondary N) is 1. The van der Waals surface area contributed by atoms with Crippen LogP contribution in [0.5, 0.6) is 0 Å². The van der Waals surface area contributed by atoms with E-state index in [1.54, 1.807) is 25.3 Å². The minimum absolute atomic E-state index is 0.189. The fourth-order valence-electron chi connectivity index (χ4n) is 2.00. The number of anilines is 1. The number of methoxy groups -OCH3 is 1. The first kappa shape index (κ1) is 15.5. The molecule has 0 radical (unpaired) electrons. The number of nitrogens with two attached hydrogens (primary N) is 1. The molecule has 0 fully saturated rings. The number of rotatable bonds is 5. The van der Waals surface area contributed by atoms with Gasteiger partial charge in [-0.25, -0.2) is 0 Å². The summed E-state index contributed by atoms with van der Waals surface area (Å²) in [5, 5.41) is 2.87. The molecule has 3 N–H and O–H groups in total. The van der Waals surface area contributed by atoms with E-state index < -0.39 is 0 Å². The van der Waals surface area contributed by atoms with Gasteiger partial charge in [0.15, 0.2) is 0 Å². The molecule has 1 amide bonds. The van der Waals surface area contributed by atoms with E-state index in [4.69, 9.17) is 10.5 Å². The topological polar surface area (TPSA) is 64.3 Å². The molecule has 0 bridgehead atoms. The van der Waals surface area contributed by atoms with E-state index in [9.17, 15) is 4.79 Å². The maximum Gasteiger partial charge on any atom is 0.253 e. The van der Waals surface area contributed by atoms with Crippen molar-refractivity contribution in [3.8, 4) is 0 Å². The number of halogens is 1. The Morgan fingerprint density at radius 3 is 2.76 bits per heavy atom. The zero-order chi connectivity index (χ0) is 15.2. The second-order valence-corrected chi connectivity index (χ2v) is 5.58. The molecule has 0 heterocycles. The second-order valence-electron chi connectivity index (χ2n) is 4.67. The number of amides is 1. The van der Waals surface area contributed by atoms with Gasteiger partial charge in [0, 0.05) is 23.8 Å². The summed E-state index contributed by atoms with van der Waals surface area (Å²) in [6.07, 6.45) is 0. The average Bonchev–Trinajstić information content (AvgIpc) is 2.48. The molecule has 4 nitrogen and oxygen atoms in total. The second kappa shape index (κ2) is 7.24. The summed E-state index contributed by atoms with van der Waals surface area (Å²) >= 11 is 3.34. The van der Waals surface area contributed by atoms with E-state index in [-0.39, 0.29) is 5.91 Å². The Labute approximate surface area is 132 Å². The molecule has 0 atom stereocenters. The lowest BCUT2D eigenvalue weighted by molar-refractivity contribution is 0.0951. The van der Waals surface area contributed by atoms with Crippen LogP contribution in [-0.2, 0) is 17.9 Å². The summed E-state index contributed by atoms with van der Waals surface area (Å²) in [5.41, 5.74) is 8.85. The lowest BCUT2D eigenvalue weighted by Crippen LogP contribution is -2.23. The summed E-state index contributed by atoms with van der Waals surface area (Å²) < 4.78 is 5.92. The third kappa shape index (κ3) is 4.31. The smallest absolute Gasteiger partial charge is 0.253 e. The molecule has 5 heteroatoms. The van der Waals surface area contributed by atoms with Crippen LogP contribution in [0.4, 0.5) is 5.69 Å². The molecule has 21 heavy (non-hydrogen) atoms. The van der Waals surface area contributed by atoms with Crippen LogP contribution in [0.25, 0.3) is 0 Å². The van der Waals surface area contributed by atoms with Crippen molar-refractivity contribution >= 4 is 27.5 Å². The van der Waals surface area contributed by atoms with Crippen LogP contribution >= 0.6 is 15.9 Å². The molecule has 0 unspecified atom stereocenters. The Kier molecular flexibility index (Phi) is 5.36. The van der Waals surface area contributed by atoms with Crippen LogP contribution in [0.1, 0.15) is 21.5 Å². The van der Waals surface area contributed by atoms with Crippen molar-refractivity contribution in [1.82, 2.24) is 5.32 Å². The Hall–Kier alpha value is -1.85. The normalized spacial score (nSPS) is 10.4. The van der Waals surface area contributed by atoms with Gasteiger partial charge in [0.2, 0.25) is 0 Å². The molecule has 0 aliphatic rings. The summed E-state index contributed by atoms with van der Waals surface area (Å²) in [7, 11) is 1.66. The van der Waals surface area contributed by atoms with Gasteiger partial charge in [-0.05, 0) is 29.3 Å². The molecule has 2 aromatic carbocycles. The highest BCUT2D eigenvalue weighted by atomic mass is 79.9. The maximum atomic E-state index is 12.2. The largest absolute Gasteiger partial charge is 0.398 e. The van der Waals surface area contributed by atoms with Gasteiger partial charge in [-0.3, -0.25) is 4.79 Å². The van der Waals surface area contributed by atoms with E-state index in [1.807, 2.05) is 24.3 Å². The van der Waals surface area contributed by atoms with Gasteiger partial charge in [0.25, 0.3) is 5.91 Å². The number of hydrogen-bond donors (Lipinski definition) is 2.